The number of hydrogen-bond acceptors (Lipinski definition) is 4. The van der Waals surface area contributed by atoms with Crippen molar-refractivity contribution in [3.63, 3.8) is 0 Å². The molecule has 0 aliphatic carbocycles. The molecule has 1 aliphatic rings. The lowest BCUT2D eigenvalue weighted by atomic mass is 10.2. The first-order valence-corrected chi connectivity index (χ1v) is 6.18. The Morgan fingerprint density at radius 1 is 1.39 bits per heavy atom. The van der Waals surface area contributed by atoms with Crippen LogP contribution in [0.25, 0.3) is 0 Å². The third kappa shape index (κ3) is 2.79. The Kier molecular flexibility index (Phi) is 3.81. The van der Waals surface area contributed by atoms with Crippen molar-refractivity contribution >= 4 is 11.7 Å². The van der Waals surface area contributed by atoms with E-state index in [1.54, 1.807) is 25.4 Å². The van der Waals surface area contributed by atoms with Crippen LogP contribution in [0.2, 0.25) is 0 Å². The van der Waals surface area contributed by atoms with Gasteiger partial charge in [-0.3, -0.25) is 4.79 Å². The maximum Gasteiger partial charge on any atom is 0.255 e. The molecule has 1 N–H and O–H groups in total. The zero-order valence-electron chi connectivity index (χ0n) is 11.0. The molecule has 2 rings (SSSR count). The van der Waals surface area contributed by atoms with Crippen molar-refractivity contribution in [1.29, 1.82) is 0 Å². The summed E-state index contributed by atoms with van der Waals surface area (Å²) in [7, 11) is 1.80. The molecule has 1 aromatic heterocycles. The minimum Gasteiger partial charge on any atom is -0.373 e. The van der Waals surface area contributed by atoms with Crippen LogP contribution in [0.3, 0.4) is 0 Å². The smallest absolute Gasteiger partial charge is 0.255 e. The number of rotatable bonds is 2. The van der Waals surface area contributed by atoms with Gasteiger partial charge in [0.2, 0.25) is 0 Å². The number of hydrogen-bond donors (Lipinski definition) is 1. The molecule has 1 aromatic rings. The molecule has 98 valence electrons. The van der Waals surface area contributed by atoms with Crippen LogP contribution in [0.15, 0.2) is 18.3 Å². The van der Waals surface area contributed by atoms with E-state index in [9.17, 15) is 4.79 Å². The Balaban J connectivity index is 2.09. The van der Waals surface area contributed by atoms with Gasteiger partial charge in [0.25, 0.3) is 5.91 Å². The van der Waals surface area contributed by atoms with Crippen molar-refractivity contribution in [3.8, 4) is 0 Å². The van der Waals surface area contributed by atoms with E-state index in [-0.39, 0.29) is 18.1 Å². The van der Waals surface area contributed by atoms with Crippen molar-refractivity contribution in [1.82, 2.24) is 9.88 Å². The Bertz CT molecular complexity index is 409. The second-order valence-electron chi connectivity index (χ2n) is 4.65. The van der Waals surface area contributed by atoms with E-state index >= 15 is 0 Å². The molecule has 5 nitrogen and oxygen atoms in total. The van der Waals surface area contributed by atoms with E-state index in [1.165, 1.54) is 0 Å². The van der Waals surface area contributed by atoms with Crippen LogP contribution >= 0.6 is 0 Å². The number of ether oxygens (including phenoxy) is 1. The molecule has 2 atom stereocenters. The maximum atomic E-state index is 12.3. The largest absolute Gasteiger partial charge is 0.373 e. The number of amides is 1. The molecule has 0 spiro atoms. The Morgan fingerprint density at radius 3 is 2.56 bits per heavy atom. The summed E-state index contributed by atoms with van der Waals surface area (Å²) >= 11 is 0. The van der Waals surface area contributed by atoms with Gasteiger partial charge in [-0.2, -0.15) is 0 Å². The van der Waals surface area contributed by atoms with Crippen LogP contribution in [0.5, 0.6) is 0 Å². The first kappa shape index (κ1) is 12.8. The average molecular weight is 249 g/mol. The van der Waals surface area contributed by atoms with E-state index < -0.39 is 0 Å². The molecule has 0 bridgehead atoms. The normalized spacial score (nSPS) is 23.8. The van der Waals surface area contributed by atoms with Crippen LogP contribution in [0.4, 0.5) is 5.82 Å². The summed E-state index contributed by atoms with van der Waals surface area (Å²) in [6.45, 7) is 5.24. The van der Waals surface area contributed by atoms with Crippen LogP contribution in [-0.4, -0.2) is 48.1 Å². The van der Waals surface area contributed by atoms with E-state index in [4.69, 9.17) is 4.74 Å². The number of carbonyl (C=O) groups excluding carboxylic acids is 1. The van der Waals surface area contributed by atoms with Gasteiger partial charge in [-0.25, -0.2) is 4.98 Å². The maximum absolute atomic E-state index is 12.3. The van der Waals surface area contributed by atoms with Crippen LogP contribution in [-0.2, 0) is 4.74 Å². The minimum absolute atomic E-state index is 0.0205. The standard InChI is InChI=1S/C13H19N3O2/c1-9-7-16(8-10(2)18-9)13(17)11-4-5-12(14-3)15-6-11/h4-6,9-10H,7-8H2,1-3H3,(H,14,15). The Labute approximate surface area is 107 Å². The molecule has 1 saturated heterocycles. The van der Waals surface area contributed by atoms with Gasteiger partial charge < -0.3 is 15.0 Å². The number of anilines is 1. The zero-order chi connectivity index (χ0) is 13.1. The van der Waals surface area contributed by atoms with Gasteiger partial charge in [-0.05, 0) is 26.0 Å². The van der Waals surface area contributed by atoms with Gasteiger partial charge in [-0.15, -0.1) is 0 Å². The third-order valence-corrected chi connectivity index (χ3v) is 2.97. The predicted octanol–water partition coefficient (Wildman–Crippen LogP) is 1.37. The summed E-state index contributed by atoms with van der Waals surface area (Å²) in [5.74, 6) is 0.780. The van der Waals surface area contributed by atoms with E-state index in [0.717, 1.165) is 5.82 Å². The highest BCUT2D eigenvalue weighted by Crippen LogP contribution is 2.14. The summed E-state index contributed by atoms with van der Waals surface area (Å²) in [4.78, 5) is 18.3. The van der Waals surface area contributed by atoms with Gasteiger partial charge in [0.05, 0.1) is 17.8 Å². The SMILES string of the molecule is CNc1ccc(C(=O)N2CC(C)OC(C)C2)cn1. The molecule has 1 amide bonds. The molecule has 0 saturated carbocycles. The summed E-state index contributed by atoms with van der Waals surface area (Å²) in [5, 5.41) is 2.93. The lowest BCUT2D eigenvalue weighted by Crippen LogP contribution is -2.48. The second kappa shape index (κ2) is 5.35. The quantitative estimate of drug-likeness (QED) is 0.860. The third-order valence-electron chi connectivity index (χ3n) is 2.97. The number of nitrogens with one attached hydrogen (secondary N) is 1. The molecule has 0 radical (unpaired) electrons. The molecule has 2 heterocycles. The first-order chi connectivity index (χ1) is 8.60. The molecule has 1 aliphatic heterocycles. The van der Waals surface area contributed by atoms with Gasteiger partial charge in [0, 0.05) is 26.3 Å². The molecule has 0 aromatic carbocycles. The van der Waals surface area contributed by atoms with Gasteiger partial charge in [0.1, 0.15) is 5.82 Å². The van der Waals surface area contributed by atoms with Crippen LogP contribution < -0.4 is 5.32 Å². The van der Waals surface area contributed by atoms with Crippen molar-refractivity contribution in [3.05, 3.63) is 23.9 Å². The van der Waals surface area contributed by atoms with Gasteiger partial charge >= 0.3 is 0 Å². The number of morpholine rings is 1. The molecular weight excluding hydrogens is 230 g/mol. The highest BCUT2D eigenvalue weighted by atomic mass is 16.5. The molecule has 5 heteroatoms. The molecule has 1 fully saturated rings. The lowest BCUT2D eigenvalue weighted by molar-refractivity contribution is -0.0586. The molecule has 18 heavy (non-hydrogen) atoms. The number of carbonyl (C=O) groups is 1. The van der Waals surface area contributed by atoms with Crippen molar-refractivity contribution in [2.75, 3.05) is 25.5 Å². The van der Waals surface area contributed by atoms with Crippen molar-refractivity contribution < 1.29 is 9.53 Å². The predicted molar refractivity (Wildman–Crippen MR) is 69.7 cm³/mol. The van der Waals surface area contributed by atoms with E-state index in [2.05, 4.69) is 10.3 Å². The summed E-state index contributed by atoms with van der Waals surface area (Å²) in [6.07, 6.45) is 1.78. The fourth-order valence-corrected chi connectivity index (χ4v) is 2.19. The van der Waals surface area contributed by atoms with E-state index in [0.29, 0.717) is 18.7 Å². The Hall–Kier alpha value is -1.62. The van der Waals surface area contributed by atoms with Crippen LogP contribution in [0.1, 0.15) is 24.2 Å². The average Bonchev–Trinajstić information content (AvgIpc) is 2.37. The van der Waals surface area contributed by atoms with E-state index in [1.807, 2.05) is 18.7 Å². The monoisotopic (exact) mass is 249 g/mol. The molecular formula is C13H19N3O2. The number of pyridine rings is 1. The van der Waals surface area contributed by atoms with Gasteiger partial charge in [0.15, 0.2) is 0 Å². The Morgan fingerprint density at radius 2 is 2.06 bits per heavy atom. The van der Waals surface area contributed by atoms with Crippen molar-refractivity contribution in [2.24, 2.45) is 0 Å². The highest BCUT2D eigenvalue weighted by molar-refractivity contribution is 5.94. The fourth-order valence-electron chi connectivity index (χ4n) is 2.19. The second-order valence-corrected chi connectivity index (χ2v) is 4.65. The number of aromatic nitrogens is 1. The minimum atomic E-state index is 0.0205. The summed E-state index contributed by atoms with van der Waals surface area (Å²) in [5.41, 5.74) is 0.621. The summed E-state index contributed by atoms with van der Waals surface area (Å²) in [6, 6.07) is 3.60. The zero-order valence-corrected chi connectivity index (χ0v) is 11.0. The summed E-state index contributed by atoms with van der Waals surface area (Å²) < 4.78 is 5.62. The van der Waals surface area contributed by atoms with Crippen molar-refractivity contribution in [2.45, 2.75) is 26.1 Å². The number of nitrogens with zero attached hydrogens (tertiary/aromatic N) is 2. The first-order valence-electron chi connectivity index (χ1n) is 6.18. The van der Waals surface area contributed by atoms with Gasteiger partial charge in [-0.1, -0.05) is 0 Å². The fraction of sp³-hybridized carbons (Fsp3) is 0.538. The highest BCUT2D eigenvalue weighted by Gasteiger charge is 2.26. The topological polar surface area (TPSA) is 54.5 Å². The molecule has 2 unspecified atom stereocenters. The van der Waals surface area contributed by atoms with Crippen LogP contribution in [0, 0.1) is 0 Å². The lowest BCUT2D eigenvalue weighted by Gasteiger charge is -2.35.